The van der Waals surface area contributed by atoms with E-state index >= 15 is 0 Å². The van der Waals surface area contributed by atoms with Gasteiger partial charge in [-0.3, -0.25) is 10.00 Å². The van der Waals surface area contributed by atoms with E-state index in [0.717, 1.165) is 15.4 Å². The molecule has 6 heteroatoms. The van der Waals surface area contributed by atoms with Crippen molar-refractivity contribution >= 4 is 38.7 Å². The maximum absolute atomic E-state index is 12.0. The summed E-state index contributed by atoms with van der Waals surface area (Å²) in [6.45, 7) is 5.50. The van der Waals surface area contributed by atoms with E-state index in [9.17, 15) is 4.79 Å². The minimum absolute atomic E-state index is 0.427. The molecule has 0 aliphatic carbocycles. The van der Waals surface area contributed by atoms with Gasteiger partial charge in [0, 0.05) is 16.9 Å². The number of carbonyl (C=O) groups excluding carboxylic acids is 1. The fourth-order valence-corrected chi connectivity index (χ4v) is 2.01. The quantitative estimate of drug-likeness (QED) is 0.869. The largest absolute Gasteiger partial charge is 0.443 e. The number of ether oxygens (including phenoxy) is 1. The Morgan fingerprint density at radius 3 is 2.74 bits per heavy atom. The number of amides is 1. The van der Waals surface area contributed by atoms with Gasteiger partial charge in [0.2, 0.25) is 0 Å². The Hall–Kier alpha value is -1.56. The summed E-state index contributed by atoms with van der Waals surface area (Å²) >= 11 is 3.39. The highest BCUT2D eigenvalue weighted by molar-refractivity contribution is 9.10. The molecular formula is C13H16BrN3O2. The minimum atomic E-state index is -0.527. The lowest BCUT2D eigenvalue weighted by atomic mass is 10.2. The highest BCUT2D eigenvalue weighted by Crippen LogP contribution is 2.26. The molecule has 19 heavy (non-hydrogen) atoms. The molecule has 0 radical (unpaired) electrons. The van der Waals surface area contributed by atoms with Gasteiger partial charge in [0.05, 0.1) is 5.52 Å². The van der Waals surface area contributed by atoms with E-state index in [1.807, 2.05) is 39.0 Å². The number of H-pyrrole nitrogens is 1. The second kappa shape index (κ2) is 4.85. The molecule has 0 bridgehead atoms. The van der Waals surface area contributed by atoms with Gasteiger partial charge in [-0.25, -0.2) is 4.79 Å². The average Bonchev–Trinajstić information content (AvgIpc) is 2.68. The fourth-order valence-electron chi connectivity index (χ4n) is 1.65. The zero-order chi connectivity index (χ0) is 14.2. The molecular weight excluding hydrogens is 310 g/mol. The van der Waals surface area contributed by atoms with Crippen LogP contribution in [0.3, 0.4) is 0 Å². The number of carbonyl (C=O) groups is 1. The van der Waals surface area contributed by atoms with Crippen LogP contribution in [0.5, 0.6) is 0 Å². The van der Waals surface area contributed by atoms with Crippen LogP contribution in [-0.4, -0.2) is 28.9 Å². The molecule has 0 aliphatic heterocycles. The van der Waals surface area contributed by atoms with E-state index in [-0.39, 0.29) is 0 Å². The van der Waals surface area contributed by atoms with Gasteiger partial charge in [0.25, 0.3) is 0 Å². The lowest BCUT2D eigenvalue weighted by Crippen LogP contribution is -2.34. The smallest absolute Gasteiger partial charge is 0.415 e. The van der Waals surface area contributed by atoms with Gasteiger partial charge >= 0.3 is 6.09 Å². The van der Waals surface area contributed by atoms with Crippen LogP contribution in [0, 0.1) is 0 Å². The van der Waals surface area contributed by atoms with E-state index in [1.165, 1.54) is 4.90 Å². The van der Waals surface area contributed by atoms with Crippen molar-refractivity contribution in [3.05, 3.63) is 22.7 Å². The zero-order valence-corrected chi connectivity index (χ0v) is 12.9. The molecule has 1 amide bonds. The highest BCUT2D eigenvalue weighted by Gasteiger charge is 2.23. The fraction of sp³-hybridized carbons (Fsp3) is 0.385. The molecule has 1 heterocycles. The third kappa shape index (κ3) is 3.07. The first-order valence-corrected chi connectivity index (χ1v) is 6.67. The number of aromatic nitrogens is 2. The van der Waals surface area contributed by atoms with Crippen molar-refractivity contribution < 1.29 is 9.53 Å². The molecule has 1 N–H and O–H groups in total. The summed E-state index contributed by atoms with van der Waals surface area (Å²) in [7, 11) is 1.64. The number of hydrogen-bond donors (Lipinski definition) is 1. The molecule has 0 fully saturated rings. The van der Waals surface area contributed by atoms with Gasteiger partial charge < -0.3 is 4.74 Å². The van der Waals surface area contributed by atoms with E-state index < -0.39 is 11.7 Å². The predicted octanol–water partition coefficient (Wildman–Crippen LogP) is 3.70. The summed E-state index contributed by atoms with van der Waals surface area (Å²) in [6.07, 6.45) is -0.427. The summed E-state index contributed by atoms with van der Waals surface area (Å²) in [5.74, 6) is 0.553. The van der Waals surface area contributed by atoms with Crippen molar-refractivity contribution in [3.8, 4) is 0 Å². The van der Waals surface area contributed by atoms with Crippen molar-refractivity contribution in [2.45, 2.75) is 26.4 Å². The monoisotopic (exact) mass is 325 g/mol. The molecule has 0 aliphatic rings. The van der Waals surface area contributed by atoms with E-state index in [4.69, 9.17) is 4.74 Å². The Labute approximate surface area is 120 Å². The Kier molecular flexibility index (Phi) is 3.54. The van der Waals surface area contributed by atoms with Gasteiger partial charge in [-0.2, -0.15) is 5.10 Å². The average molecular weight is 326 g/mol. The van der Waals surface area contributed by atoms with Crippen molar-refractivity contribution in [2.75, 3.05) is 11.9 Å². The normalized spacial score (nSPS) is 11.6. The number of halogens is 1. The first-order valence-electron chi connectivity index (χ1n) is 5.88. The van der Waals surface area contributed by atoms with Crippen LogP contribution in [0.15, 0.2) is 22.7 Å². The third-order valence-corrected chi connectivity index (χ3v) is 2.98. The van der Waals surface area contributed by atoms with Crippen LogP contribution in [0.25, 0.3) is 10.9 Å². The lowest BCUT2D eigenvalue weighted by Gasteiger charge is -2.23. The maximum Gasteiger partial charge on any atom is 0.415 e. The topological polar surface area (TPSA) is 58.2 Å². The molecule has 1 aromatic heterocycles. The summed E-state index contributed by atoms with van der Waals surface area (Å²) in [5, 5.41) is 7.94. The number of nitrogens with one attached hydrogen (secondary N) is 1. The number of benzene rings is 1. The SMILES string of the molecule is CN(C(=O)OC(C)(C)C)c1n[nH]c2cc(Br)ccc12. The summed E-state index contributed by atoms with van der Waals surface area (Å²) < 4.78 is 6.27. The zero-order valence-electron chi connectivity index (χ0n) is 11.3. The molecule has 0 saturated carbocycles. The standard InChI is InChI=1S/C13H16BrN3O2/c1-13(2,3)19-12(18)17(4)11-9-6-5-8(14)7-10(9)15-16-11/h5-7H,1-4H3,(H,15,16). The Morgan fingerprint density at radius 1 is 1.42 bits per heavy atom. The first-order chi connectivity index (χ1) is 8.78. The molecule has 2 aromatic rings. The van der Waals surface area contributed by atoms with E-state index in [1.54, 1.807) is 7.05 Å². The number of anilines is 1. The van der Waals surface area contributed by atoms with Gasteiger partial charge in [-0.1, -0.05) is 15.9 Å². The van der Waals surface area contributed by atoms with E-state index in [2.05, 4.69) is 26.1 Å². The number of fused-ring (bicyclic) bond motifs is 1. The predicted molar refractivity (Wildman–Crippen MR) is 78.4 cm³/mol. The molecule has 0 saturated heterocycles. The van der Waals surface area contributed by atoms with Crippen LogP contribution in [-0.2, 0) is 4.74 Å². The van der Waals surface area contributed by atoms with Gasteiger partial charge in [0.15, 0.2) is 5.82 Å². The number of hydrogen-bond acceptors (Lipinski definition) is 3. The highest BCUT2D eigenvalue weighted by atomic mass is 79.9. The van der Waals surface area contributed by atoms with Crippen LogP contribution in [0.4, 0.5) is 10.6 Å². The van der Waals surface area contributed by atoms with Gasteiger partial charge in [0.1, 0.15) is 5.60 Å². The molecule has 2 rings (SSSR count). The molecule has 0 spiro atoms. The Balaban J connectivity index is 2.31. The van der Waals surface area contributed by atoms with Crippen LogP contribution in [0.2, 0.25) is 0 Å². The molecule has 0 atom stereocenters. The lowest BCUT2D eigenvalue weighted by molar-refractivity contribution is 0.0588. The van der Waals surface area contributed by atoms with Crippen molar-refractivity contribution in [1.29, 1.82) is 0 Å². The van der Waals surface area contributed by atoms with Crippen LogP contribution < -0.4 is 4.90 Å². The van der Waals surface area contributed by atoms with Crippen molar-refractivity contribution in [3.63, 3.8) is 0 Å². The summed E-state index contributed by atoms with van der Waals surface area (Å²) in [5.41, 5.74) is 0.334. The second-order valence-corrected chi connectivity index (χ2v) is 6.19. The van der Waals surface area contributed by atoms with Gasteiger partial charge in [-0.05, 0) is 39.0 Å². The van der Waals surface area contributed by atoms with Crippen LogP contribution >= 0.6 is 15.9 Å². The third-order valence-electron chi connectivity index (χ3n) is 2.49. The number of nitrogens with zero attached hydrogens (tertiary/aromatic N) is 2. The first kappa shape index (κ1) is 13.9. The Bertz CT molecular complexity index is 616. The molecule has 102 valence electrons. The minimum Gasteiger partial charge on any atom is -0.443 e. The number of aromatic amines is 1. The van der Waals surface area contributed by atoms with E-state index in [0.29, 0.717) is 5.82 Å². The maximum atomic E-state index is 12.0. The molecule has 5 nitrogen and oxygen atoms in total. The van der Waals surface area contributed by atoms with Crippen molar-refractivity contribution in [1.82, 2.24) is 10.2 Å². The second-order valence-electron chi connectivity index (χ2n) is 5.28. The van der Waals surface area contributed by atoms with Crippen LogP contribution in [0.1, 0.15) is 20.8 Å². The Morgan fingerprint density at radius 2 is 2.11 bits per heavy atom. The summed E-state index contributed by atoms with van der Waals surface area (Å²) in [6, 6.07) is 5.72. The molecule has 1 aromatic carbocycles. The molecule has 0 unspecified atom stereocenters. The number of rotatable bonds is 1. The van der Waals surface area contributed by atoms with Gasteiger partial charge in [-0.15, -0.1) is 0 Å². The van der Waals surface area contributed by atoms with Crippen molar-refractivity contribution in [2.24, 2.45) is 0 Å². The summed E-state index contributed by atoms with van der Waals surface area (Å²) in [4.78, 5) is 13.4.